The molecule has 0 saturated carbocycles. The Morgan fingerprint density at radius 2 is 1.90 bits per heavy atom. The van der Waals surface area contributed by atoms with Crippen molar-refractivity contribution in [2.75, 3.05) is 20.1 Å². The van der Waals surface area contributed by atoms with E-state index in [0.717, 1.165) is 23.8 Å². The van der Waals surface area contributed by atoms with Crippen LogP contribution in [0.1, 0.15) is 35.4 Å². The van der Waals surface area contributed by atoms with Gasteiger partial charge in [-0.3, -0.25) is 4.79 Å². The molecule has 0 radical (unpaired) electrons. The van der Waals surface area contributed by atoms with Crippen molar-refractivity contribution >= 4 is 27.5 Å². The summed E-state index contributed by atoms with van der Waals surface area (Å²) in [5.41, 5.74) is 0.0661. The van der Waals surface area contributed by atoms with E-state index in [-0.39, 0.29) is 27.9 Å². The molecule has 0 N–H and O–H groups in total. The number of carbonyl (C=O) groups excluding carboxylic acids is 1. The minimum absolute atomic E-state index is 0.00509. The van der Waals surface area contributed by atoms with Gasteiger partial charge in [-0.15, -0.1) is 0 Å². The van der Waals surface area contributed by atoms with Gasteiger partial charge >= 0.3 is 6.18 Å². The smallest absolute Gasteiger partial charge is 0.334 e. The molecule has 1 aromatic carbocycles. The van der Waals surface area contributed by atoms with Crippen LogP contribution in [0.3, 0.4) is 0 Å². The van der Waals surface area contributed by atoms with Crippen LogP contribution in [-0.4, -0.2) is 59.4 Å². The second-order valence-corrected chi connectivity index (χ2v) is 9.67. The summed E-state index contributed by atoms with van der Waals surface area (Å²) in [7, 11) is -2.46. The highest BCUT2D eigenvalue weighted by molar-refractivity contribution is 7.89. The lowest BCUT2D eigenvalue weighted by Crippen LogP contribution is -2.36. The van der Waals surface area contributed by atoms with E-state index in [1.807, 2.05) is 0 Å². The van der Waals surface area contributed by atoms with E-state index in [0.29, 0.717) is 13.1 Å². The lowest BCUT2D eigenvalue weighted by atomic mass is 10.2. The Balaban J connectivity index is 1.81. The van der Waals surface area contributed by atoms with E-state index in [4.69, 9.17) is 11.6 Å². The van der Waals surface area contributed by atoms with Gasteiger partial charge in [-0.1, -0.05) is 18.0 Å². The summed E-state index contributed by atoms with van der Waals surface area (Å²) in [6.45, 7) is -0.626. The van der Waals surface area contributed by atoms with Gasteiger partial charge in [-0.2, -0.15) is 17.5 Å². The average Bonchev–Trinajstić information content (AvgIpc) is 3.13. The first kappa shape index (κ1) is 23.6. The molecule has 0 atom stereocenters. The fourth-order valence-corrected chi connectivity index (χ4v) is 5.43. The maximum atomic E-state index is 13.0. The van der Waals surface area contributed by atoms with Crippen LogP contribution in [0.25, 0.3) is 0 Å². The predicted octanol–water partition coefficient (Wildman–Crippen LogP) is 3.55. The SMILES string of the molecule is CN(Cc1nccn1CC(F)(F)F)C(=O)c1ccc(Cl)c(S(=O)(=O)N2CCCCC2)c1. The molecule has 0 aliphatic carbocycles. The monoisotopic (exact) mass is 478 g/mol. The van der Waals surface area contributed by atoms with Crippen LogP contribution < -0.4 is 0 Å². The standard InChI is InChI=1S/C19H22ClF3N4O3S/c1-25(12-17-24-7-10-26(17)13-19(21,22)23)18(28)14-5-6-15(20)16(11-14)31(29,30)27-8-3-2-4-9-27/h5-7,10-11H,2-4,8-9,12-13H2,1H3. The molecule has 7 nitrogen and oxygen atoms in total. The number of halogens is 4. The number of amides is 1. The summed E-state index contributed by atoms with van der Waals surface area (Å²) in [4.78, 5) is 17.8. The van der Waals surface area contributed by atoms with Gasteiger partial charge in [-0.25, -0.2) is 13.4 Å². The Morgan fingerprint density at radius 1 is 1.23 bits per heavy atom. The van der Waals surface area contributed by atoms with Gasteiger partial charge in [0.25, 0.3) is 5.91 Å². The molecule has 170 valence electrons. The zero-order chi connectivity index (χ0) is 22.8. The summed E-state index contributed by atoms with van der Waals surface area (Å²) < 4.78 is 66.3. The number of alkyl halides is 3. The van der Waals surface area contributed by atoms with Crippen LogP contribution in [0.5, 0.6) is 0 Å². The van der Waals surface area contributed by atoms with Crippen molar-refractivity contribution in [2.45, 2.75) is 43.4 Å². The first-order chi connectivity index (χ1) is 14.5. The molecule has 3 rings (SSSR count). The van der Waals surface area contributed by atoms with Crippen LogP contribution in [0.2, 0.25) is 5.02 Å². The van der Waals surface area contributed by atoms with Gasteiger partial charge < -0.3 is 9.47 Å². The van der Waals surface area contributed by atoms with E-state index in [2.05, 4.69) is 4.98 Å². The average molecular weight is 479 g/mol. The second-order valence-electron chi connectivity index (χ2n) is 7.36. The summed E-state index contributed by atoms with van der Waals surface area (Å²) in [5, 5.41) is 0.00509. The number of piperidine rings is 1. The molecular weight excluding hydrogens is 457 g/mol. The molecule has 1 amide bonds. The van der Waals surface area contributed by atoms with E-state index < -0.39 is 28.7 Å². The zero-order valence-corrected chi connectivity index (χ0v) is 18.3. The topological polar surface area (TPSA) is 75.5 Å². The zero-order valence-electron chi connectivity index (χ0n) is 16.8. The molecule has 1 aliphatic heterocycles. The third-order valence-electron chi connectivity index (χ3n) is 4.99. The molecule has 0 bridgehead atoms. The van der Waals surface area contributed by atoms with E-state index in [1.165, 1.54) is 46.8 Å². The summed E-state index contributed by atoms with van der Waals surface area (Å²) in [6.07, 6.45) is 0.447. The molecule has 1 fully saturated rings. The molecule has 1 aliphatic rings. The van der Waals surface area contributed by atoms with Crippen molar-refractivity contribution in [3.63, 3.8) is 0 Å². The maximum absolute atomic E-state index is 13.0. The first-order valence-corrected chi connectivity index (χ1v) is 11.4. The number of rotatable bonds is 6. The summed E-state index contributed by atoms with van der Waals surface area (Å²) in [5.74, 6) is -0.503. The Kier molecular flexibility index (Phi) is 6.97. The van der Waals surface area contributed by atoms with Crippen LogP contribution >= 0.6 is 11.6 Å². The van der Waals surface area contributed by atoms with Crippen molar-refractivity contribution < 1.29 is 26.4 Å². The number of aromatic nitrogens is 2. The maximum Gasteiger partial charge on any atom is 0.406 e. The van der Waals surface area contributed by atoms with Crippen molar-refractivity contribution in [3.8, 4) is 0 Å². The molecule has 2 heterocycles. The third kappa shape index (κ3) is 5.58. The quantitative estimate of drug-likeness (QED) is 0.636. The molecule has 31 heavy (non-hydrogen) atoms. The Morgan fingerprint density at radius 3 is 2.55 bits per heavy atom. The first-order valence-electron chi connectivity index (χ1n) is 9.61. The second kappa shape index (κ2) is 9.17. The fourth-order valence-electron chi connectivity index (χ4n) is 3.41. The number of benzene rings is 1. The summed E-state index contributed by atoms with van der Waals surface area (Å²) in [6, 6.07) is 3.94. The van der Waals surface area contributed by atoms with Gasteiger partial charge in [0.05, 0.1) is 11.6 Å². The Labute approximate surface area is 183 Å². The number of carbonyl (C=O) groups is 1. The van der Waals surface area contributed by atoms with Gasteiger partial charge in [0.15, 0.2) is 0 Å². The molecule has 1 saturated heterocycles. The van der Waals surface area contributed by atoms with Crippen LogP contribution in [0.15, 0.2) is 35.5 Å². The van der Waals surface area contributed by atoms with Gasteiger partial charge in [0.1, 0.15) is 17.3 Å². The number of sulfonamides is 1. The van der Waals surface area contributed by atoms with E-state index >= 15 is 0 Å². The van der Waals surface area contributed by atoms with Crippen molar-refractivity contribution in [2.24, 2.45) is 0 Å². The molecular formula is C19H22ClF3N4O3S. The Bertz CT molecular complexity index is 1050. The number of hydrogen-bond acceptors (Lipinski definition) is 4. The number of imidazole rings is 1. The van der Waals surface area contributed by atoms with E-state index in [9.17, 15) is 26.4 Å². The Hall–Kier alpha value is -2.11. The normalized spacial score (nSPS) is 15.8. The fraction of sp³-hybridized carbons (Fsp3) is 0.474. The predicted molar refractivity (Wildman–Crippen MR) is 108 cm³/mol. The van der Waals surface area contributed by atoms with Crippen molar-refractivity contribution in [1.82, 2.24) is 18.8 Å². The molecule has 0 spiro atoms. The van der Waals surface area contributed by atoms with Gasteiger partial charge in [0, 0.05) is 38.1 Å². The molecule has 0 unspecified atom stereocenters. The van der Waals surface area contributed by atoms with Gasteiger partial charge in [0.2, 0.25) is 10.0 Å². The van der Waals surface area contributed by atoms with Gasteiger partial charge in [-0.05, 0) is 31.0 Å². The lowest BCUT2D eigenvalue weighted by Gasteiger charge is -2.26. The number of hydrogen-bond donors (Lipinski definition) is 0. The van der Waals surface area contributed by atoms with Crippen LogP contribution in [-0.2, 0) is 23.1 Å². The number of nitrogens with zero attached hydrogens (tertiary/aromatic N) is 4. The lowest BCUT2D eigenvalue weighted by molar-refractivity contribution is -0.141. The van der Waals surface area contributed by atoms with Crippen molar-refractivity contribution in [3.05, 3.63) is 47.0 Å². The largest absolute Gasteiger partial charge is 0.406 e. The van der Waals surface area contributed by atoms with Crippen LogP contribution in [0, 0.1) is 0 Å². The minimum Gasteiger partial charge on any atom is -0.334 e. The highest BCUT2D eigenvalue weighted by Crippen LogP contribution is 2.28. The molecule has 1 aromatic heterocycles. The molecule has 2 aromatic rings. The van der Waals surface area contributed by atoms with Crippen molar-refractivity contribution in [1.29, 1.82) is 0 Å². The highest BCUT2D eigenvalue weighted by Gasteiger charge is 2.30. The minimum atomic E-state index is -4.42. The summed E-state index contributed by atoms with van der Waals surface area (Å²) >= 11 is 6.13. The third-order valence-corrected chi connectivity index (χ3v) is 7.37. The highest BCUT2D eigenvalue weighted by atomic mass is 35.5. The van der Waals surface area contributed by atoms with E-state index in [1.54, 1.807) is 0 Å². The van der Waals surface area contributed by atoms with Crippen LogP contribution in [0.4, 0.5) is 13.2 Å². The molecule has 12 heteroatoms.